The van der Waals surface area contributed by atoms with Crippen molar-refractivity contribution in [3.05, 3.63) is 65.4 Å². The van der Waals surface area contributed by atoms with Crippen LogP contribution in [-0.4, -0.2) is 59.6 Å². The summed E-state index contributed by atoms with van der Waals surface area (Å²) in [5, 5.41) is 3.86. The van der Waals surface area contributed by atoms with E-state index in [1.807, 2.05) is 63.2 Å². The summed E-state index contributed by atoms with van der Waals surface area (Å²) in [6.07, 6.45) is 1.38. The third-order valence-corrected chi connectivity index (χ3v) is 7.77. The third kappa shape index (κ3) is 4.00. The molecular weight excluding hydrogens is 468 g/mol. The van der Waals surface area contributed by atoms with Crippen LogP contribution in [0.4, 0.5) is 5.69 Å². The number of amides is 3. The number of aromatic amines is 1. The number of rotatable bonds is 6. The molecule has 2 aromatic carbocycles. The van der Waals surface area contributed by atoms with Crippen molar-refractivity contribution in [1.29, 1.82) is 0 Å². The van der Waals surface area contributed by atoms with Crippen LogP contribution < -0.4 is 10.2 Å². The van der Waals surface area contributed by atoms with Crippen LogP contribution in [-0.2, 0) is 19.8 Å². The Labute approximate surface area is 216 Å². The maximum absolute atomic E-state index is 13.9. The number of aldehydes is 1. The van der Waals surface area contributed by atoms with Crippen LogP contribution in [0.5, 0.6) is 0 Å². The molecule has 2 aliphatic rings. The molecule has 0 bridgehead atoms. The number of para-hydroxylation sites is 1. The van der Waals surface area contributed by atoms with Gasteiger partial charge in [-0.15, -0.1) is 0 Å². The maximum atomic E-state index is 13.9. The second-order valence-corrected chi connectivity index (χ2v) is 10.7. The van der Waals surface area contributed by atoms with Gasteiger partial charge in [0.1, 0.15) is 18.0 Å². The summed E-state index contributed by atoms with van der Waals surface area (Å²) in [7, 11) is 1.72. The first-order valence-electron chi connectivity index (χ1n) is 12.7. The van der Waals surface area contributed by atoms with E-state index in [4.69, 9.17) is 0 Å². The van der Waals surface area contributed by atoms with Gasteiger partial charge in [-0.2, -0.15) is 0 Å². The van der Waals surface area contributed by atoms with Gasteiger partial charge < -0.3 is 24.9 Å². The monoisotopic (exact) mass is 500 g/mol. The van der Waals surface area contributed by atoms with E-state index in [0.717, 1.165) is 34.0 Å². The molecule has 2 N–H and O–H groups in total. The standard InChI is InChI=1S/C29H32N4O4/c1-17(2)12-24(31-26(35)23-13-20-18(3)8-7-10-22(20)30-23)27(36)33-16-29(14-19(33)15-34)21-9-5-6-11-25(21)32(4)28(29)37/h5-11,13,15,17,19,24,30H,12,14,16H2,1-4H3,(H,31,35)/t19-,24-,29-/m0/s1. The van der Waals surface area contributed by atoms with E-state index in [2.05, 4.69) is 10.3 Å². The fourth-order valence-corrected chi connectivity index (χ4v) is 5.93. The summed E-state index contributed by atoms with van der Waals surface area (Å²) in [6.45, 7) is 6.04. The normalized spacial score (nSPS) is 21.6. The Morgan fingerprint density at radius 2 is 1.95 bits per heavy atom. The van der Waals surface area contributed by atoms with Gasteiger partial charge in [0.2, 0.25) is 11.8 Å². The van der Waals surface area contributed by atoms with Crippen LogP contribution in [0.1, 0.15) is 48.3 Å². The highest BCUT2D eigenvalue weighted by molar-refractivity contribution is 6.09. The van der Waals surface area contributed by atoms with Crippen LogP contribution >= 0.6 is 0 Å². The van der Waals surface area contributed by atoms with E-state index < -0.39 is 17.5 Å². The van der Waals surface area contributed by atoms with Gasteiger partial charge in [0.25, 0.3) is 5.91 Å². The Morgan fingerprint density at radius 1 is 1.19 bits per heavy atom. The van der Waals surface area contributed by atoms with Crippen molar-refractivity contribution in [2.24, 2.45) is 5.92 Å². The molecule has 1 aromatic heterocycles. The van der Waals surface area contributed by atoms with Crippen molar-refractivity contribution in [2.75, 3.05) is 18.5 Å². The van der Waals surface area contributed by atoms with E-state index in [-0.39, 0.29) is 36.6 Å². The summed E-state index contributed by atoms with van der Waals surface area (Å²) in [4.78, 5) is 59.0. The fraction of sp³-hybridized carbons (Fsp3) is 0.379. The summed E-state index contributed by atoms with van der Waals surface area (Å²) in [6, 6.07) is 13.5. The Balaban J connectivity index is 1.43. The molecular formula is C29H32N4O4. The number of nitrogens with zero attached hydrogens (tertiary/aromatic N) is 2. The molecule has 0 unspecified atom stereocenters. The van der Waals surface area contributed by atoms with Crippen LogP contribution in [0.2, 0.25) is 0 Å². The zero-order valence-electron chi connectivity index (χ0n) is 21.6. The van der Waals surface area contributed by atoms with Gasteiger partial charge >= 0.3 is 0 Å². The zero-order chi connectivity index (χ0) is 26.5. The maximum Gasteiger partial charge on any atom is 0.268 e. The van der Waals surface area contributed by atoms with Crippen molar-refractivity contribution in [3.8, 4) is 0 Å². The quantitative estimate of drug-likeness (QED) is 0.507. The first kappa shape index (κ1) is 24.7. The largest absolute Gasteiger partial charge is 0.351 e. The lowest BCUT2D eigenvalue weighted by Gasteiger charge is -2.28. The van der Waals surface area contributed by atoms with E-state index in [0.29, 0.717) is 12.1 Å². The molecule has 1 spiro atoms. The van der Waals surface area contributed by atoms with E-state index in [1.54, 1.807) is 18.0 Å². The molecule has 8 heteroatoms. The zero-order valence-corrected chi connectivity index (χ0v) is 21.6. The minimum Gasteiger partial charge on any atom is -0.351 e. The Bertz CT molecular complexity index is 1410. The second-order valence-electron chi connectivity index (χ2n) is 10.7. The first-order valence-corrected chi connectivity index (χ1v) is 12.7. The smallest absolute Gasteiger partial charge is 0.268 e. The minimum atomic E-state index is -0.965. The van der Waals surface area contributed by atoms with Crippen LogP contribution in [0.15, 0.2) is 48.5 Å². The lowest BCUT2D eigenvalue weighted by Crippen LogP contribution is -2.52. The molecule has 1 saturated heterocycles. The lowest BCUT2D eigenvalue weighted by atomic mass is 9.79. The van der Waals surface area contributed by atoms with Crippen LogP contribution in [0, 0.1) is 12.8 Å². The highest BCUT2D eigenvalue weighted by Gasteiger charge is 2.58. The average molecular weight is 501 g/mol. The van der Waals surface area contributed by atoms with E-state index in [1.165, 1.54) is 4.90 Å². The number of hydrogen-bond acceptors (Lipinski definition) is 4. The predicted molar refractivity (Wildman–Crippen MR) is 141 cm³/mol. The summed E-state index contributed by atoms with van der Waals surface area (Å²) in [5.41, 5.74) is 2.94. The van der Waals surface area contributed by atoms with Crippen molar-refractivity contribution in [3.63, 3.8) is 0 Å². The van der Waals surface area contributed by atoms with Gasteiger partial charge in [-0.3, -0.25) is 14.4 Å². The summed E-state index contributed by atoms with van der Waals surface area (Å²) >= 11 is 0. The molecule has 8 nitrogen and oxygen atoms in total. The molecule has 192 valence electrons. The number of fused-ring (bicyclic) bond motifs is 3. The minimum absolute atomic E-state index is 0.103. The highest BCUT2D eigenvalue weighted by atomic mass is 16.2. The molecule has 3 amide bonds. The number of nitrogens with one attached hydrogen (secondary N) is 2. The van der Waals surface area contributed by atoms with Gasteiger partial charge in [-0.25, -0.2) is 0 Å². The highest BCUT2D eigenvalue weighted by Crippen LogP contribution is 2.48. The lowest BCUT2D eigenvalue weighted by molar-refractivity contribution is -0.137. The number of benzene rings is 2. The summed E-state index contributed by atoms with van der Waals surface area (Å²) in [5.74, 6) is -0.726. The number of anilines is 1. The SMILES string of the molecule is Cc1cccc2[nH]c(C(=O)N[C@@H](CC(C)C)C(=O)N3C[C@]4(C[C@H]3C=O)C(=O)N(C)c3ccccc34)cc12. The van der Waals surface area contributed by atoms with Crippen molar-refractivity contribution in [2.45, 2.75) is 51.1 Å². The predicted octanol–water partition coefficient (Wildman–Crippen LogP) is 3.34. The molecule has 3 atom stereocenters. The summed E-state index contributed by atoms with van der Waals surface area (Å²) < 4.78 is 0. The molecule has 0 aliphatic carbocycles. The number of carbonyl (C=O) groups is 4. The van der Waals surface area contributed by atoms with Crippen molar-refractivity contribution in [1.82, 2.24) is 15.2 Å². The molecule has 3 heterocycles. The number of likely N-dealkylation sites (tertiary alicyclic amines) is 1. The molecule has 1 fully saturated rings. The fourth-order valence-electron chi connectivity index (χ4n) is 5.93. The van der Waals surface area contributed by atoms with Gasteiger partial charge in [0.05, 0.1) is 11.5 Å². The van der Waals surface area contributed by atoms with Gasteiger partial charge in [0, 0.05) is 30.2 Å². The molecule has 5 rings (SSSR count). The molecule has 3 aromatic rings. The van der Waals surface area contributed by atoms with Crippen LogP contribution in [0.3, 0.4) is 0 Å². The number of carbonyl (C=O) groups excluding carboxylic acids is 4. The molecule has 0 saturated carbocycles. The number of aryl methyl sites for hydroxylation is 1. The second kappa shape index (κ2) is 9.18. The topological polar surface area (TPSA) is 103 Å². The van der Waals surface area contributed by atoms with E-state index in [9.17, 15) is 19.2 Å². The van der Waals surface area contributed by atoms with E-state index >= 15 is 0 Å². The Kier molecular flexibility index (Phi) is 6.14. The first-order chi connectivity index (χ1) is 17.7. The van der Waals surface area contributed by atoms with Gasteiger partial charge in [0.15, 0.2) is 0 Å². The number of H-pyrrole nitrogens is 1. The average Bonchev–Trinajstić information content (AvgIpc) is 3.55. The van der Waals surface area contributed by atoms with Gasteiger partial charge in [-0.05, 0) is 55.0 Å². The molecule has 2 aliphatic heterocycles. The number of hydrogen-bond donors (Lipinski definition) is 2. The molecule has 0 radical (unpaired) electrons. The van der Waals surface area contributed by atoms with Crippen molar-refractivity contribution >= 4 is 40.6 Å². The van der Waals surface area contributed by atoms with Crippen molar-refractivity contribution < 1.29 is 19.2 Å². The number of aromatic nitrogens is 1. The Morgan fingerprint density at radius 3 is 2.65 bits per heavy atom. The van der Waals surface area contributed by atoms with Gasteiger partial charge in [-0.1, -0.05) is 44.2 Å². The van der Waals surface area contributed by atoms with Crippen LogP contribution in [0.25, 0.3) is 10.9 Å². The molecule has 37 heavy (non-hydrogen) atoms. The third-order valence-electron chi connectivity index (χ3n) is 7.77. The Hall–Kier alpha value is -3.94. The number of likely N-dealkylation sites (N-methyl/N-ethyl adjacent to an activating group) is 1.